The zero-order chi connectivity index (χ0) is 12.7. The van der Waals surface area contributed by atoms with Gasteiger partial charge in [0.05, 0.1) is 17.1 Å². The highest BCUT2D eigenvalue weighted by molar-refractivity contribution is 6.03. The Hall–Kier alpha value is -1.94. The number of hydrogen-bond acceptors (Lipinski definition) is 3. The Morgan fingerprint density at radius 1 is 1.33 bits per heavy atom. The molecule has 4 nitrogen and oxygen atoms in total. The van der Waals surface area contributed by atoms with E-state index in [0.29, 0.717) is 0 Å². The summed E-state index contributed by atoms with van der Waals surface area (Å²) in [4.78, 5) is 12.4. The van der Waals surface area contributed by atoms with Crippen LogP contribution in [-0.2, 0) is 0 Å². The summed E-state index contributed by atoms with van der Waals surface area (Å²) in [6.07, 6.45) is 1.92. The molecule has 0 bridgehead atoms. The second-order valence-corrected chi connectivity index (χ2v) is 4.64. The van der Waals surface area contributed by atoms with E-state index in [0.717, 1.165) is 27.9 Å². The zero-order valence-corrected chi connectivity index (χ0v) is 10.8. The minimum absolute atomic E-state index is 0.214. The first-order valence-electron chi connectivity index (χ1n) is 6.11. The van der Waals surface area contributed by atoms with Gasteiger partial charge in [0.15, 0.2) is 0 Å². The Labute approximate surface area is 105 Å². The quantitative estimate of drug-likeness (QED) is 0.724. The van der Waals surface area contributed by atoms with Gasteiger partial charge in [0, 0.05) is 17.3 Å². The first-order valence-corrected chi connectivity index (χ1v) is 6.11. The van der Waals surface area contributed by atoms with Crippen LogP contribution in [0.4, 0.5) is 0 Å². The number of aromatic nitrogens is 3. The largest absolute Gasteiger partial charge is 0.340 e. The number of fused-ring (bicyclic) bond motifs is 3. The third-order valence-corrected chi connectivity index (χ3v) is 3.36. The number of rotatable bonds is 2. The van der Waals surface area contributed by atoms with Gasteiger partial charge in [-0.2, -0.15) is 0 Å². The van der Waals surface area contributed by atoms with E-state index < -0.39 is 0 Å². The van der Waals surface area contributed by atoms with E-state index in [9.17, 15) is 0 Å². The second-order valence-electron chi connectivity index (χ2n) is 4.64. The molecule has 0 aliphatic rings. The maximum atomic E-state index is 4.61. The van der Waals surface area contributed by atoms with Gasteiger partial charge in [0.25, 0.3) is 0 Å². The predicted octanol–water partition coefficient (Wildman–Crippen LogP) is 2.70. The molecule has 0 saturated heterocycles. The van der Waals surface area contributed by atoms with Crippen molar-refractivity contribution in [2.24, 2.45) is 0 Å². The summed E-state index contributed by atoms with van der Waals surface area (Å²) in [5, 5.41) is 5.51. The Morgan fingerprint density at radius 2 is 2.17 bits per heavy atom. The number of benzene rings is 1. The number of imidazole rings is 1. The molecule has 3 rings (SSSR count). The maximum Gasteiger partial charge on any atom is 0.124 e. The lowest BCUT2D eigenvalue weighted by atomic mass is 10.1. The zero-order valence-electron chi connectivity index (χ0n) is 10.8. The molecule has 0 amide bonds. The lowest BCUT2D eigenvalue weighted by molar-refractivity contribution is 0.620. The van der Waals surface area contributed by atoms with Gasteiger partial charge in [0.2, 0.25) is 0 Å². The van der Waals surface area contributed by atoms with Crippen LogP contribution in [0, 0.1) is 6.92 Å². The summed E-state index contributed by atoms with van der Waals surface area (Å²) in [6, 6.07) is 6.46. The molecule has 0 radical (unpaired) electrons. The Kier molecular flexibility index (Phi) is 2.52. The number of aryl methyl sites for hydroxylation is 1. The van der Waals surface area contributed by atoms with E-state index >= 15 is 0 Å². The molecule has 0 fully saturated rings. The van der Waals surface area contributed by atoms with Crippen molar-refractivity contribution in [2.45, 2.75) is 19.9 Å². The van der Waals surface area contributed by atoms with Crippen molar-refractivity contribution >= 4 is 21.8 Å². The van der Waals surface area contributed by atoms with Gasteiger partial charge in [-0.05, 0) is 38.4 Å². The van der Waals surface area contributed by atoms with Crippen molar-refractivity contribution in [3.8, 4) is 0 Å². The summed E-state index contributed by atoms with van der Waals surface area (Å²) in [6.45, 7) is 4.09. The molecule has 0 aliphatic heterocycles. The molecule has 1 aromatic carbocycles. The van der Waals surface area contributed by atoms with Crippen LogP contribution in [0.15, 0.2) is 24.4 Å². The lowest BCUT2D eigenvalue weighted by Crippen LogP contribution is -2.13. The number of aromatic amines is 1. The third kappa shape index (κ3) is 1.66. The standard InChI is InChI=1S/C14H16N4/c1-8-6-10-4-5-12-13(11(10)7-16-8)18-14(17-12)9(2)15-3/h4-7,9,15H,1-3H3,(H,17,18)/t9-/m1/s1. The maximum absolute atomic E-state index is 4.61. The molecular weight excluding hydrogens is 224 g/mol. The molecule has 92 valence electrons. The highest BCUT2D eigenvalue weighted by atomic mass is 15.0. The Morgan fingerprint density at radius 3 is 2.94 bits per heavy atom. The highest BCUT2D eigenvalue weighted by Crippen LogP contribution is 2.24. The summed E-state index contributed by atoms with van der Waals surface area (Å²) in [5.74, 6) is 0.959. The average Bonchev–Trinajstić information content (AvgIpc) is 2.81. The van der Waals surface area contributed by atoms with E-state index in [2.05, 4.69) is 45.4 Å². The molecule has 0 unspecified atom stereocenters. The molecule has 2 heterocycles. The first kappa shape index (κ1) is 11.2. The fraction of sp³-hybridized carbons (Fsp3) is 0.286. The summed E-state index contributed by atoms with van der Waals surface area (Å²) >= 11 is 0. The lowest BCUT2D eigenvalue weighted by Gasteiger charge is -2.04. The van der Waals surface area contributed by atoms with Crippen LogP contribution in [0.25, 0.3) is 21.8 Å². The van der Waals surface area contributed by atoms with E-state index in [4.69, 9.17) is 0 Å². The third-order valence-electron chi connectivity index (χ3n) is 3.36. The van der Waals surface area contributed by atoms with Crippen molar-refractivity contribution < 1.29 is 0 Å². The van der Waals surface area contributed by atoms with Gasteiger partial charge in [-0.15, -0.1) is 0 Å². The molecule has 18 heavy (non-hydrogen) atoms. The normalized spacial score (nSPS) is 13.3. The van der Waals surface area contributed by atoms with Crippen LogP contribution in [0.3, 0.4) is 0 Å². The molecule has 1 atom stereocenters. The molecule has 3 aromatic rings. The van der Waals surface area contributed by atoms with Crippen molar-refractivity contribution in [3.05, 3.63) is 35.9 Å². The summed E-state index contributed by atoms with van der Waals surface area (Å²) < 4.78 is 0. The Balaban J connectivity index is 2.30. The van der Waals surface area contributed by atoms with Crippen LogP contribution >= 0.6 is 0 Å². The summed E-state index contributed by atoms with van der Waals surface area (Å²) in [7, 11) is 1.93. The van der Waals surface area contributed by atoms with Gasteiger partial charge in [-0.1, -0.05) is 6.07 Å². The van der Waals surface area contributed by atoms with Crippen LogP contribution in [0.2, 0.25) is 0 Å². The van der Waals surface area contributed by atoms with E-state index in [1.807, 2.05) is 20.2 Å². The van der Waals surface area contributed by atoms with Crippen LogP contribution in [0.1, 0.15) is 24.5 Å². The monoisotopic (exact) mass is 240 g/mol. The smallest absolute Gasteiger partial charge is 0.124 e. The van der Waals surface area contributed by atoms with Crippen LogP contribution in [0.5, 0.6) is 0 Å². The van der Waals surface area contributed by atoms with Crippen LogP contribution in [-0.4, -0.2) is 22.0 Å². The molecule has 2 N–H and O–H groups in total. The fourth-order valence-electron chi connectivity index (χ4n) is 2.17. The van der Waals surface area contributed by atoms with Crippen molar-refractivity contribution in [1.29, 1.82) is 0 Å². The van der Waals surface area contributed by atoms with Crippen molar-refractivity contribution in [2.75, 3.05) is 7.05 Å². The molecule has 0 spiro atoms. The van der Waals surface area contributed by atoms with Crippen molar-refractivity contribution in [3.63, 3.8) is 0 Å². The minimum Gasteiger partial charge on any atom is -0.340 e. The number of nitrogens with one attached hydrogen (secondary N) is 2. The molecule has 0 saturated carbocycles. The number of hydrogen-bond donors (Lipinski definition) is 2. The van der Waals surface area contributed by atoms with E-state index in [1.165, 1.54) is 5.39 Å². The van der Waals surface area contributed by atoms with Crippen LogP contribution < -0.4 is 5.32 Å². The van der Waals surface area contributed by atoms with Gasteiger partial charge >= 0.3 is 0 Å². The van der Waals surface area contributed by atoms with Crippen molar-refractivity contribution in [1.82, 2.24) is 20.3 Å². The molecule has 0 aliphatic carbocycles. The van der Waals surface area contributed by atoms with Gasteiger partial charge < -0.3 is 10.3 Å². The molecular formula is C14H16N4. The highest BCUT2D eigenvalue weighted by Gasteiger charge is 2.10. The number of H-pyrrole nitrogens is 1. The number of nitrogens with zero attached hydrogens (tertiary/aromatic N) is 2. The summed E-state index contributed by atoms with van der Waals surface area (Å²) in [5.41, 5.74) is 3.09. The second kappa shape index (κ2) is 4.07. The van der Waals surface area contributed by atoms with Gasteiger partial charge in [-0.25, -0.2) is 4.98 Å². The van der Waals surface area contributed by atoms with Gasteiger partial charge in [-0.3, -0.25) is 4.98 Å². The SMILES string of the molecule is CN[C@H](C)c1nc2ccc3cc(C)ncc3c2[nH]1. The molecule has 4 heteroatoms. The predicted molar refractivity (Wildman–Crippen MR) is 73.6 cm³/mol. The van der Waals surface area contributed by atoms with Gasteiger partial charge in [0.1, 0.15) is 5.82 Å². The van der Waals surface area contributed by atoms with E-state index in [1.54, 1.807) is 0 Å². The Bertz CT molecular complexity index is 714. The first-order chi connectivity index (χ1) is 8.69. The van der Waals surface area contributed by atoms with E-state index in [-0.39, 0.29) is 6.04 Å². The number of pyridine rings is 1. The fourth-order valence-corrected chi connectivity index (χ4v) is 2.17. The minimum atomic E-state index is 0.214. The topological polar surface area (TPSA) is 53.6 Å². The average molecular weight is 240 g/mol. The molecule has 2 aromatic heterocycles.